The van der Waals surface area contributed by atoms with Crippen LogP contribution in [0.2, 0.25) is 5.02 Å². The third kappa shape index (κ3) is 5.01. The molecule has 0 spiro atoms. The van der Waals surface area contributed by atoms with Crippen molar-refractivity contribution in [3.63, 3.8) is 0 Å². The number of amides is 1. The smallest absolute Gasteiger partial charge is 0.261 e. The second kappa shape index (κ2) is 8.46. The maximum atomic E-state index is 12.8. The first-order valence-corrected chi connectivity index (χ1v) is 10.4. The first kappa shape index (κ1) is 20.6. The van der Waals surface area contributed by atoms with Gasteiger partial charge in [-0.1, -0.05) is 35.9 Å². The number of carbonyl (C=O) groups is 2. The van der Waals surface area contributed by atoms with Gasteiger partial charge in [0.1, 0.15) is 0 Å². The molecular weight excluding hydrogens is 412 g/mol. The normalized spacial score (nSPS) is 11.0. The second-order valence-electron chi connectivity index (χ2n) is 6.20. The van der Waals surface area contributed by atoms with E-state index in [4.69, 9.17) is 11.6 Å². The van der Waals surface area contributed by atoms with Crippen molar-refractivity contribution in [2.75, 3.05) is 10.0 Å². The van der Waals surface area contributed by atoms with E-state index in [1.54, 1.807) is 36.4 Å². The van der Waals surface area contributed by atoms with Gasteiger partial charge in [-0.2, -0.15) is 0 Å². The summed E-state index contributed by atoms with van der Waals surface area (Å²) in [7, 11) is -4.00. The average Bonchev–Trinajstić information content (AvgIpc) is 2.70. The van der Waals surface area contributed by atoms with Gasteiger partial charge in [0.2, 0.25) is 0 Å². The molecule has 0 unspecified atom stereocenters. The summed E-state index contributed by atoms with van der Waals surface area (Å²) in [6.45, 7) is 1.36. The molecule has 8 heteroatoms. The summed E-state index contributed by atoms with van der Waals surface area (Å²) in [5.41, 5.74) is 1.06. The lowest BCUT2D eigenvalue weighted by Crippen LogP contribution is -2.18. The van der Waals surface area contributed by atoms with E-state index in [1.165, 1.54) is 43.3 Å². The van der Waals surface area contributed by atoms with Crippen LogP contribution >= 0.6 is 11.6 Å². The summed E-state index contributed by atoms with van der Waals surface area (Å²) in [5, 5.41) is 3.23. The lowest BCUT2D eigenvalue weighted by Gasteiger charge is -2.13. The quantitative estimate of drug-likeness (QED) is 0.561. The summed E-state index contributed by atoms with van der Waals surface area (Å²) in [4.78, 5) is 24.1. The van der Waals surface area contributed by atoms with Crippen molar-refractivity contribution in [3.05, 3.63) is 88.9 Å². The number of ketones is 1. The molecule has 0 atom stereocenters. The zero-order valence-corrected chi connectivity index (χ0v) is 16.9. The van der Waals surface area contributed by atoms with Crippen LogP contribution in [0.1, 0.15) is 27.6 Å². The molecule has 0 aromatic heterocycles. The molecule has 6 nitrogen and oxygen atoms in total. The number of Topliss-reactive ketones (excluding diaryl/α,β-unsaturated/α-hetero) is 1. The van der Waals surface area contributed by atoms with E-state index in [-0.39, 0.29) is 27.5 Å². The Morgan fingerprint density at radius 1 is 0.897 bits per heavy atom. The summed E-state index contributed by atoms with van der Waals surface area (Å²) >= 11 is 5.84. The van der Waals surface area contributed by atoms with Gasteiger partial charge in [0.25, 0.3) is 15.9 Å². The van der Waals surface area contributed by atoms with E-state index in [0.717, 1.165) is 0 Å². The fraction of sp³-hybridized carbons (Fsp3) is 0.0476. The highest BCUT2D eigenvalue weighted by atomic mass is 35.5. The van der Waals surface area contributed by atoms with Gasteiger partial charge in [0.15, 0.2) is 5.78 Å². The van der Waals surface area contributed by atoms with Gasteiger partial charge in [0.05, 0.1) is 16.1 Å². The molecule has 0 saturated heterocycles. The lowest BCUT2D eigenvalue weighted by atomic mass is 10.1. The van der Waals surface area contributed by atoms with E-state index < -0.39 is 15.9 Å². The van der Waals surface area contributed by atoms with Gasteiger partial charge in [-0.15, -0.1) is 0 Å². The van der Waals surface area contributed by atoms with Gasteiger partial charge >= 0.3 is 0 Å². The van der Waals surface area contributed by atoms with Crippen molar-refractivity contribution < 1.29 is 18.0 Å². The first-order chi connectivity index (χ1) is 13.8. The van der Waals surface area contributed by atoms with Crippen molar-refractivity contribution in [2.24, 2.45) is 0 Å². The highest BCUT2D eigenvalue weighted by Crippen LogP contribution is 2.22. The van der Waals surface area contributed by atoms with Gasteiger partial charge in [0, 0.05) is 16.3 Å². The van der Waals surface area contributed by atoms with Crippen LogP contribution in [0.5, 0.6) is 0 Å². The number of hydrogen-bond donors (Lipinski definition) is 2. The van der Waals surface area contributed by atoms with E-state index in [2.05, 4.69) is 10.0 Å². The maximum Gasteiger partial charge on any atom is 0.261 e. The lowest BCUT2D eigenvalue weighted by molar-refractivity contribution is 0.101. The molecule has 0 heterocycles. The van der Waals surface area contributed by atoms with Crippen LogP contribution in [0.25, 0.3) is 0 Å². The summed E-state index contributed by atoms with van der Waals surface area (Å²) < 4.78 is 28.0. The zero-order chi connectivity index (χ0) is 21.0. The van der Waals surface area contributed by atoms with E-state index in [1.807, 2.05) is 0 Å². The largest absolute Gasteiger partial charge is 0.322 e. The zero-order valence-electron chi connectivity index (χ0n) is 15.3. The molecule has 0 aliphatic rings. The Labute approximate surface area is 173 Å². The van der Waals surface area contributed by atoms with Gasteiger partial charge in [-0.05, 0) is 55.5 Å². The number of para-hydroxylation sites is 1. The van der Waals surface area contributed by atoms with Gasteiger partial charge in [-0.25, -0.2) is 8.42 Å². The fourth-order valence-corrected chi connectivity index (χ4v) is 3.84. The van der Waals surface area contributed by atoms with Crippen molar-refractivity contribution >= 4 is 44.7 Å². The van der Waals surface area contributed by atoms with E-state index in [9.17, 15) is 18.0 Å². The number of rotatable bonds is 6. The Hall–Kier alpha value is -3.16. The van der Waals surface area contributed by atoms with Crippen LogP contribution in [-0.2, 0) is 10.0 Å². The van der Waals surface area contributed by atoms with Crippen molar-refractivity contribution in [1.29, 1.82) is 0 Å². The molecule has 1 amide bonds. The molecule has 0 fully saturated rings. The average molecular weight is 429 g/mol. The summed E-state index contributed by atoms with van der Waals surface area (Å²) in [6, 6.07) is 18.5. The third-order valence-electron chi connectivity index (χ3n) is 4.07. The monoisotopic (exact) mass is 428 g/mol. The highest BCUT2D eigenvalue weighted by molar-refractivity contribution is 7.92. The minimum Gasteiger partial charge on any atom is -0.322 e. The Morgan fingerprint density at radius 2 is 1.59 bits per heavy atom. The molecule has 29 heavy (non-hydrogen) atoms. The second-order valence-corrected chi connectivity index (χ2v) is 8.31. The van der Waals surface area contributed by atoms with Crippen LogP contribution < -0.4 is 10.0 Å². The highest BCUT2D eigenvalue weighted by Gasteiger charge is 2.19. The van der Waals surface area contributed by atoms with Crippen molar-refractivity contribution in [2.45, 2.75) is 11.8 Å². The van der Waals surface area contributed by atoms with E-state index >= 15 is 0 Å². The molecule has 0 aliphatic carbocycles. The molecule has 0 aliphatic heterocycles. The number of halogens is 1. The topological polar surface area (TPSA) is 92.3 Å². The van der Waals surface area contributed by atoms with Crippen molar-refractivity contribution in [1.82, 2.24) is 0 Å². The van der Waals surface area contributed by atoms with Crippen LogP contribution in [-0.4, -0.2) is 20.1 Å². The number of nitrogens with one attached hydrogen (secondary N) is 2. The summed E-state index contributed by atoms with van der Waals surface area (Å²) in [5.74, 6) is -0.729. The predicted molar refractivity (Wildman–Crippen MR) is 113 cm³/mol. The number of carbonyl (C=O) groups excluding carboxylic acids is 2. The third-order valence-corrected chi connectivity index (χ3v) is 5.68. The van der Waals surface area contributed by atoms with Crippen LogP contribution in [0.4, 0.5) is 11.4 Å². The number of hydrogen-bond acceptors (Lipinski definition) is 4. The Balaban J connectivity index is 1.88. The van der Waals surface area contributed by atoms with Gasteiger partial charge < -0.3 is 5.32 Å². The van der Waals surface area contributed by atoms with Crippen LogP contribution in [0.15, 0.2) is 77.7 Å². The molecular formula is C21H17ClN2O4S. The Morgan fingerprint density at radius 3 is 2.28 bits per heavy atom. The molecule has 3 aromatic carbocycles. The molecule has 0 bridgehead atoms. The van der Waals surface area contributed by atoms with Crippen LogP contribution in [0.3, 0.4) is 0 Å². The summed E-state index contributed by atoms with van der Waals surface area (Å²) in [6.07, 6.45) is 0. The minimum absolute atomic E-state index is 0.0712. The van der Waals surface area contributed by atoms with Crippen molar-refractivity contribution in [3.8, 4) is 0 Å². The Kier molecular flexibility index (Phi) is 6.00. The molecule has 0 saturated carbocycles. The predicted octanol–water partition coefficient (Wildman–Crippen LogP) is 4.60. The number of anilines is 2. The minimum atomic E-state index is -4.00. The molecule has 3 rings (SSSR count). The van der Waals surface area contributed by atoms with Gasteiger partial charge in [-0.3, -0.25) is 14.3 Å². The number of sulfonamides is 1. The van der Waals surface area contributed by atoms with E-state index in [0.29, 0.717) is 10.7 Å². The standard InChI is InChI=1S/C21H17ClN2O4S/c1-14(25)15-5-4-6-18(13-15)29(27,28)24-20-8-3-2-7-19(20)21(26)23-17-11-9-16(22)10-12-17/h2-13,24H,1H3,(H,23,26). The fourth-order valence-electron chi connectivity index (χ4n) is 2.59. The molecule has 2 N–H and O–H groups in total. The maximum absolute atomic E-state index is 12.8. The molecule has 148 valence electrons. The SMILES string of the molecule is CC(=O)c1cccc(S(=O)(=O)Nc2ccccc2C(=O)Nc2ccc(Cl)cc2)c1. The molecule has 3 aromatic rings. The first-order valence-electron chi connectivity index (χ1n) is 8.56. The number of benzene rings is 3. The van der Waals surface area contributed by atoms with Crippen LogP contribution in [0, 0.1) is 0 Å². The molecule has 0 radical (unpaired) electrons. The Bertz CT molecular complexity index is 1180.